The van der Waals surface area contributed by atoms with Gasteiger partial charge in [0.25, 0.3) is 10.0 Å². The predicted molar refractivity (Wildman–Crippen MR) is 50.0 cm³/mol. The Kier molecular flexibility index (Phi) is 2.34. The molecular formula is C8H12N2O3S. The van der Waals surface area contributed by atoms with Crippen molar-refractivity contribution in [2.24, 2.45) is 5.73 Å². The highest BCUT2D eigenvalue weighted by atomic mass is 32.2. The Balaban J connectivity index is 2.04. The van der Waals surface area contributed by atoms with Crippen molar-refractivity contribution in [1.29, 1.82) is 0 Å². The van der Waals surface area contributed by atoms with Crippen LogP contribution in [0.2, 0.25) is 0 Å². The summed E-state index contributed by atoms with van der Waals surface area (Å²) < 4.78 is 30.5. The van der Waals surface area contributed by atoms with Gasteiger partial charge < -0.3 is 10.2 Å². The molecule has 0 aromatic carbocycles. The molecular weight excluding hydrogens is 204 g/mol. The summed E-state index contributed by atoms with van der Waals surface area (Å²) in [5.74, 6) is 0. The topological polar surface area (TPSA) is 85.3 Å². The lowest BCUT2D eigenvalue weighted by Crippen LogP contribution is -2.50. The zero-order valence-corrected chi connectivity index (χ0v) is 8.33. The van der Waals surface area contributed by atoms with E-state index in [4.69, 9.17) is 10.2 Å². The van der Waals surface area contributed by atoms with E-state index in [1.807, 2.05) is 0 Å². The minimum atomic E-state index is -3.47. The van der Waals surface area contributed by atoms with Gasteiger partial charge in [0, 0.05) is 12.1 Å². The third kappa shape index (κ3) is 1.82. The molecule has 0 unspecified atom stereocenters. The molecule has 0 bridgehead atoms. The van der Waals surface area contributed by atoms with Crippen LogP contribution in [0.4, 0.5) is 0 Å². The summed E-state index contributed by atoms with van der Waals surface area (Å²) in [6.07, 6.45) is 2.72. The predicted octanol–water partition coefficient (Wildman–Crippen LogP) is 0.0476. The first kappa shape index (κ1) is 9.70. The Bertz CT molecular complexity index is 392. The molecule has 1 aromatic heterocycles. The number of rotatable bonds is 3. The zero-order chi connectivity index (χ0) is 10.2. The number of hydrogen-bond acceptors (Lipinski definition) is 4. The summed E-state index contributed by atoms with van der Waals surface area (Å²) in [5, 5.41) is -0.0435. The molecule has 5 nitrogen and oxygen atoms in total. The summed E-state index contributed by atoms with van der Waals surface area (Å²) in [7, 11) is -3.47. The maximum atomic E-state index is 11.6. The van der Waals surface area contributed by atoms with Crippen LogP contribution in [0.15, 0.2) is 27.9 Å². The molecule has 2 rings (SSSR count). The van der Waals surface area contributed by atoms with E-state index in [0.29, 0.717) is 12.8 Å². The van der Waals surface area contributed by atoms with Gasteiger partial charge in [-0.2, -0.15) is 0 Å². The van der Waals surface area contributed by atoms with Gasteiger partial charge in [-0.15, -0.1) is 0 Å². The highest BCUT2D eigenvalue weighted by Crippen LogP contribution is 2.20. The largest absolute Gasteiger partial charge is 0.452 e. The number of furan rings is 1. The molecule has 0 atom stereocenters. The van der Waals surface area contributed by atoms with Gasteiger partial charge in [-0.25, -0.2) is 13.1 Å². The van der Waals surface area contributed by atoms with Crippen LogP contribution in [0.25, 0.3) is 0 Å². The Labute approximate surface area is 82.3 Å². The lowest BCUT2D eigenvalue weighted by atomic mass is 9.89. The van der Waals surface area contributed by atoms with Gasteiger partial charge in [0.2, 0.25) is 5.09 Å². The van der Waals surface area contributed by atoms with Gasteiger partial charge in [0.1, 0.15) is 0 Å². The molecule has 3 N–H and O–H groups in total. The van der Waals surface area contributed by atoms with Gasteiger partial charge in [-0.1, -0.05) is 0 Å². The lowest BCUT2D eigenvalue weighted by Gasteiger charge is -2.32. The summed E-state index contributed by atoms with van der Waals surface area (Å²) in [6, 6.07) is 3.04. The van der Waals surface area contributed by atoms with E-state index in [-0.39, 0.29) is 17.2 Å². The van der Waals surface area contributed by atoms with Crippen LogP contribution in [-0.4, -0.2) is 20.5 Å². The Morgan fingerprint density at radius 3 is 2.71 bits per heavy atom. The second-order valence-electron chi connectivity index (χ2n) is 3.48. The molecule has 0 saturated heterocycles. The molecule has 14 heavy (non-hydrogen) atoms. The average Bonchev–Trinajstić information content (AvgIpc) is 2.52. The molecule has 1 aliphatic rings. The second-order valence-corrected chi connectivity index (χ2v) is 5.13. The van der Waals surface area contributed by atoms with Crippen molar-refractivity contribution in [3.8, 4) is 0 Å². The van der Waals surface area contributed by atoms with E-state index in [2.05, 4.69) is 4.72 Å². The first-order chi connectivity index (χ1) is 6.58. The normalized spacial score (nSPS) is 27.2. The van der Waals surface area contributed by atoms with Crippen molar-refractivity contribution >= 4 is 10.0 Å². The SMILES string of the molecule is NC1CC(NS(=O)(=O)c2ccco2)C1. The van der Waals surface area contributed by atoms with Gasteiger partial charge in [0.05, 0.1) is 6.26 Å². The maximum Gasteiger partial charge on any atom is 0.274 e. The van der Waals surface area contributed by atoms with Gasteiger partial charge in [0.15, 0.2) is 0 Å². The number of nitrogens with one attached hydrogen (secondary N) is 1. The maximum absolute atomic E-state index is 11.6. The zero-order valence-electron chi connectivity index (χ0n) is 7.51. The van der Waals surface area contributed by atoms with Crippen molar-refractivity contribution in [1.82, 2.24) is 4.72 Å². The van der Waals surface area contributed by atoms with Crippen molar-refractivity contribution in [2.75, 3.05) is 0 Å². The van der Waals surface area contributed by atoms with E-state index < -0.39 is 10.0 Å². The second kappa shape index (κ2) is 3.38. The fourth-order valence-corrected chi connectivity index (χ4v) is 2.64. The molecule has 1 aromatic rings. The first-order valence-corrected chi connectivity index (χ1v) is 5.87. The Morgan fingerprint density at radius 2 is 2.21 bits per heavy atom. The standard InChI is InChI=1S/C8H12N2O3S/c9-6-4-7(5-6)10-14(11,12)8-2-1-3-13-8/h1-3,6-7,10H,4-5,9H2. The highest BCUT2D eigenvalue weighted by molar-refractivity contribution is 7.89. The molecule has 6 heteroatoms. The molecule has 0 amide bonds. The van der Waals surface area contributed by atoms with Crippen LogP contribution >= 0.6 is 0 Å². The van der Waals surface area contributed by atoms with E-state index in [0.717, 1.165) is 0 Å². The van der Waals surface area contributed by atoms with Crippen LogP contribution in [-0.2, 0) is 10.0 Å². The third-order valence-corrected chi connectivity index (χ3v) is 3.66. The van der Waals surface area contributed by atoms with Crippen molar-refractivity contribution in [3.05, 3.63) is 18.4 Å². The van der Waals surface area contributed by atoms with E-state index in [1.165, 1.54) is 12.3 Å². The van der Waals surface area contributed by atoms with Crippen LogP contribution in [0.5, 0.6) is 0 Å². The van der Waals surface area contributed by atoms with Crippen molar-refractivity contribution in [2.45, 2.75) is 30.0 Å². The van der Waals surface area contributed by atoms with Gasteiger partial charge in [-0.05, 0) is 25.0 Å². The summed E-state index contributed by atoms with van der Waals surface area (Å²) >= 11 is 0. The lowest BCUT2D eigenvalue weighted by molar-refractivity contribution is 0.323. The van der Waals surface area contributed by atoms with E-state index in [9.17, 15) is 8.42 Å². The average molecular weight is 216 g/mol. The Morgan fingerprint density at radius 1 is 1.50 bits per heavy atom. The number of sulfonamides is 1. The summed E-state index contributed by atoms with van der Waals surface area (Å²) in [6.45, 7) is 0. The molecule has 78 valence electrons. The molecule has 1 aliphatic carbocycles. The van der Waals surface area contributed by atoms with Crippen LogP contribution < -0.4 is 10.5 Å². The smallest absolute Gasteiger partial charge is 0.274 e. The summed E-state index contributed by atoms with van der Waals surface area (Å²) in [5.41, 5.74) is 5.55. The fourth-order valence-electron chi connectivity index (χ4n) is 1.45. The third-order valence-electron chi connectivity index (χ3n) is 2.26. The minimum absolute atomic E-state index is 0.0416. The highest BCUT2D eigenvalue weighted by Gasteiger charge is 2.31. The molecule has 0 spiro atoms. The van der Waals surface area contributed by atoms with Crippen LogP contribution in [0.1, 0.15) is 12.8 Å². The number of nitrogens with two attached hydrogens (primary N) is 1. The molecule has 0 radical (unpaired) electrons. The summed E-state index contributed by atoms with van der Waals surface area (Å²) in [4.78, 5) is 0. The van der Waals surface area contributed by atoms with Gasteiger partial charge in [-0.3, -0.25) is 0 Å². The fraction of sp³-hybridized carbons (Fsp3) is 0.500. The quantitative estimate of drug-likeness (QED) is 0.747. The monoisotopic (exact) mass is 216 g/mol. The first-order valence-electron chi connectivity index (χ1n) is 4.39. The molecule has 1 fully saturated rings. The van der Waals surface area contributed by atoms with Crippen molar-refractivity contribution in [3.63, 3.8) is 0 Å². The Hall–Kier alpha value is -0.850. The van der Waals surface area contributed by atoms with Gasteiger partial charge >= 0.3 is 0 Å². The molecule has 1 saturated carbocycles. The minimum Gasteiger partial charge on any atom is -0.452 e. The van der Waals surface area contributed by atoms with Crippen molar-refractivity contribution < 1.29 is 12.8 Å². The van der Waals surface area contributed by atoms with E-state index >= 15 is 0 Å². The van der Waals surface area contributed by atoms with Crippen LogP contribution in [0, 0.1) is 0 Å². The molecule has 1 heterocycles. The molecule has 0 aliphatic heterocycles. The number of hydrogen-bond donors (Lipinski definition) is 2. The van der Waals surface area contributed by atoms with E-state index in [1.54, 1.807) is 6.07 Å². The van der Waals surface area contributed by atoms with Crippen LogP contribution in [0.3, 0.4) is 0 Å².